The Morgan fingerprint density at radius 1 is 1.47 bits per heavy atom. The minimum Gasteiger partial charge on any atom is -0.371 e. The summed E-state index contributed by atoms with van der Waals surface area (Å²) >= 11 is 0. The van der Waals surface area contributed by atoms with E-state index in [0.717, 1.165) is 26.1 Å². The minimum absolute atomic E-state index is 0.209. The zero-order valence-corrected chi connectivity index (χ0v) is 10.9. The molecular weight excluding hydrogens is 236 g/mol. The van der Waals surface area contributed by atoms with Crippen molar-refractivity contribution in [1.29, 1.82) is 0 Å². The molecule has 0 saturated carbocycles. The highest BCUT2D eigenvalue weighted by Gasteiger charge is 2.37. The van der Waals surface area contributed by atoms with Gasteiger partial charge in [0.1, 0.15) is 0 Å². The van der Waals surface area contributed by atoms with Crippen molar-refractivity contribution in [1.82, 2.24) is 9.88 Å². The number of hydrogen-bond acceptors (Lipinski definition) is 2. The second kappa shape index (κ2) is 4.22. The van der Waals surface area contributed by atoms with Crippen LogP contribution in [0.1, 0.15) is 17.2 Å². The van der Waals surface area contributed by atoms with Crippen LogP contribution >= 0.6 is 0 Å². The van der Waals surface area contributed by atoms with Gasteiger partial charge in [-0.25, -0.2) is 0 Å². The van der Waals surface area contributed by atoms with Crippen molar-refractivity contribution in [3.8, 4) is 0 Å². The third kappa shape index (κ3) is 1.58. The Morgan fingerprint density at radius 2 is 2.42 bits per heavy atom. The zero-order chi connectivity index (χ0) is 12.8. The summed E-state index contributed by atoms with van der Waals surface area (Å²) in [6, 6.07) is 6.93. The second-order valence-electron chi connectivity index (χ2n) is 5.43. The summed E-state index contributed by atoms with van der Waals surface area (Å²) in [6.45, 7) is 6.64. The van der Waals surface area contributed by atoms with Crippen LogP contribution in [-0.2, 0) is 11.2 Å². The van der Waals surface area contributed by atoms with E-state index in [4.69, 9.17) is 4.74 Å². The number of H-pyrrole nitrogens is 1. The molecule has 1 saturated heterocycles. The van der Waals surface area contributed by atoms with Crippen LogP contribution in [0.15, 0.2) is 37.1 Å². The van der Waals surface area contributed by atoms with Gasteiger partial charge in [0.25, 0.3) is 0 Å². The summed E-state index contributed by atoms with van der Waals surface area (Å²) in [5, 5.41) is 1.38. The van der Waals surface area contributed by atoms with E-state index in [9.17, 15) is 0 Å². The van der Waals surface area contributed by atoms with Gasteiger partial charge in [0, 0.05) is 36.2 Å². The minimum atomic E-state index is 0.209. The summed E-state index contributed by atoms with van der Waals surface area (Å²) in [7, 11) is 0. The molecular formula is C16H18N2O. The van der Waals surface area contributed by atoms with Gasteiger partial charge in [-0.15, -0.1) is 6.58 Å². The zero-order valence-electron chi connectivity index (χ0n) is 10.9. The van der Waals surface area contributed by atoms with E-state index in [-0.39, 0.29) is 6.10 Å². The van der Waals surface area contributed by atoms with E-state index >= 15 is 0 Å². The molecule has 1 fully saturated rings. The Kier molecular flexibility index (Phi) is 2.50. The number of nitrogens with one attached hydrogen (secondary N) is 1. The molecule has 0 radical (unpaired) electrons. The maximum Gasteiger partial charge on any atom is 0.0990 e. The molecule has 3 nitrogen and oxygen atoms in total. The highest BCUT2D eigenvalue weighted by Crippen LogP contribution is 2.40. The standard InChI is InChI=1S/C16H18N2O/c1-2-6-18-7-8-19-16-12-4-3-5-13-15(12)11(10-17-13)9-14(16)18/h2-5,10,14,16-17H,1,6-9H2/t14-,16-/m1/s1. The van der Waals surface area contributed by atoms with Gasteiger partial charge in [0.15, 0.2) is 0 Å². The lowest BCUT2D eigenvalue weighted by Gasteiger charge is -2.43. The number of aromatic amines is 1. The molecule has 0 amide bonds. The molecule has 0 spiro atoms. The van der Waals surface area contributed by atoms with Crippen molar-refractivity contribution in [3.05, 3.63) is 48.2 Å². The molecule has 0 bridgehead atoms. The molecule has 2 atom stereocenters. The van der Waals surface area contributed by atoms with E-state index in [1.54, 1.807) is 0 Å². The Hall–Kier alpha value is -1.58. The van der Waals surface area contributed by atoms with Gasteiger partial charge in [-0.1, -0.05) is 18.2 Å². The Bertz CT molecular complexity index is 631. The molecule has 4 rings (SSSR count). The van der Waals surface area contributed by atoms with Crippen molar-refractivity contribution in [3.63, 3.8) is 0 Å². The van der Waals surface area contributed by atoms with Crippen LogP contribution < -0.4 is 0 Å². The molecule has 2 aromatic rings. The van der Waals surface area contributed by atoms with Crippen LogP contribution in [0.5, 0.6) is 0 Å². The number of ether oxygens (including phenoxy) is 1. The van der Waals surface area contributed by atoms with Crippen molar-refractivity contribution in [2.45, 2.75) is 18.6 Å². The molecule has 2 heterocycles. The fourth-order valence-electron chi connectivity index (χ4n) is 3.60. The summed E-state index contributed by atoms with van der Waals surface area (Å²) in [5.74, 6) is 0. The molecule has 1 aliphatic carbocycles. The number of rotatable bonds is 2. The first kappa shape index (κ1) is 11.3. The first-order valence-corrected chi connectivity index (χ1v) is 6.94. The predicted octanol–water partition coefficient (Wildman–Crippen LogP) is 2.65. The van der Waals surface area contributed by atoms with Crippen LogP contribution in [0.2, 0.25) is 0 Å². The largest absolute Gasteiger partial charge is 0.371 e. The first-order chi connectivity index (χ1) is 9.38. The molecule has 1 aromatic carbocycles. The molecule has 19 heavy (non-hydrogen) atoms. The molecule has 98 valence electrons. The molecule has 1 N–H and O–H groups in total. The maximum atomic E-state index is 6.09. The monoisotopic (exact) mass is 254 g/mol. The lowest BCUT2D eigenvalue weighted by atomic mass is 9.85. The van der Waals surface area contributed by atoms with Gasteiger partial charge in [0.05, 0.1) is 12.7 Å². The van der Waals surface area contributed by atoms with Gasteiger partial charge in [-0.05, 0) is 23.6 Å². The normalized spacial score (nSPS) is 26.3. The summed E-state index contributed by atoms with van der Waals surface area (Å²) in [6.07, 6.45) is 5.43. The Labute approximate surface area is 112 Å². The molecule has 0 unspecified atom stereocenters. The van der Waals surface area contributed by atoms with Gasteiger partial charge in [-0.3, -0.25) is 4.90 Å². The second-order valence-corrected chi connectivity index (χ2v) is 5.43. The number of morpholine rings is 1. The highest BCUT2D eigenvalue weighted by atomic mass is 16.5. The van der Waals surface area contributed by atoms with E-state index in [2.05, 4.69) is 40.9 Å². The number of fused-ring (bicyclic) bond motifs is 2. The van der Waals surface area contributed by atoms with Gasteiger partial charge in [-0.2, -0.15) is 0 Å². The van der Waals surface area contributed by atoms with E-state index < -0.39 is 0 Å². The Balaban J connectivity index is 1.83. The number of nitrogens with zero attached hydrogens (tertiary/aromatic N) is 1. The van der Waals surface area contributed by atoms with E-state index in [1.165, 1.54) is 22.0 Å². The number of aromatic nitrogens is 1. The van der Waals surface area contributed by atoms with Crippen molar-refractivity contribution >= 4 is 10.9 Å². The van der Waals surface area contributed by atoms with Crippen LogP contribution in [0, 0.1) is 0 Å². The van der Waals surface area contributed by atoms with Gasteiger partial charge >= 0.3 is 0 Å². The van der Waals surface area contributed by atoms with Crippen molar-refractivity contribution < 1.29 is 4.74 Å². The quantitative estimate of drug-likeness (QED) is 0.835. The number of benzene rings is 1. The summed E-state index contributed by atoms with van der Waals surface area (Å²) in [4.78, 5) is 5.88. The summed E-state index contributed by atoms with van der Waals surface area (Å²) < 4.78 is 6.09. The summed E-state index contributed by atoms with van der Waals surface area (Å²) in [5.41, 5.74) is 4.00. The van der Waals surface area contributed by atoms with Crippen LogP contribution in [0.4, 0.5) is 0 Å². The molecule has 1 aliphatic heterocycles. The van der Waals surface area contributed by atoms with Crippen molar-refractivity contribution in [2.75, 3.05) is 19.7 Å². The van der Waals surface area contributed by atoms with Crippen LogP contribution in [0.3, 0.4) is 0 Å². The topological polar surface area (TPSA) is 28.3 Å². The van der Waals surface area contributed by atoms with Crippen LogP contribution in [-0.4, -0.2) is 35.6 Å². The van der Waals surface area contributed by atoms with E-state index in [1.807, 2.05) is 6.08 Å². The lowest BCUT2D eigenvalue weighted by Crippen LogP contribution is -2.49. The SMILES string of the molecule is C=CCN1CCO[C@@H]2c3cccc4[nH]cc(c34)C[C@H]21. The van der Waals surface area contributed by atoms with Gasteiger partial charge < -0.3 is 9.72 Å². The van der Waals surface area contributed by atoms with Crippen LogP contribution in [0.25, 0.3) is 10.9 Å². The number of hydrogen-bond donors (Lipinski definition) is 1. The maximum absolute atomic E-state index is 6.09. The third-order valence-corrected chi connectivity index (χ3v) is 4.41. The third-order valence-electron chi connectivity index (χ3n) is 4.41. The average molecular weight is 254 g/mol. The fourth-order valence-corrected chi connectivity index (χ4v) is 3.60. The fraction of sp³-hybridized carbons (Fsp3) is 0.375. The van der Waals surface area contributed by atoms with Gasteiger partial charge in [0.2, 0.25) is 0 Å². The smallest absolute Gasteiger partial charge is 0.0990 e. The molecule has 3 heteroatoms. The van der Waals surface area contributed by atoms with Crippen molar-refractivity contribution in [2.24, 2.45) is 0 Å². The molecule has 1 aromatic heterocycles. The lowest BCUT2D eigenvalue weighted by molar-refractivity contribution is -0.0699. The first-order valence-electron chi connectivity index (χ1n) is 6.94. The predicted molar refractivity (Wildman–Crippen MR) is 76.3 cm³/mol. The average Bonchev–Trinajstić information content (AvgIpc) is 2.85. The Morgan fingerprint density at radius 3 is 3.32 bits per heavy atom. The molecule has 2 aliphatic rings. The van der Waals surface area contributed by atoms with E-state index in [0.29, 0.717) is 6.04 Å². The highest BCUT2D eigenvalue weighted by molar-refractivity contribution is 5.88.